The number of aromatic nitrogens is 2. The number of nitrogens with one attached hydrogen (secondary N) is 1. The third kappa shape index (κ3) is 3.22. The molecule has 31 heavy (non-hydrogen) atoms. The highest BCUT2D eigenvalue weighted by Crippen LogP contribution is 2.48. The molecule has 2 unspecified atom stereocenters. The van der Waals surface area contributed by atoms with Crippen LogP contribution in [0.2, 0.25) is 5.02 Å². The van der Waals surface area contributed by atoms with Crippen LogP contribution in [0.25, 0.3) is 0 Å². The van der Waals surface area contributed by atoms with Crippen molar-refractivity contribution in [2.24, 2.45) is 0 Å². The van der Waals surface area contributed by atoms with E-state index in [2.05, 4.69) is 27.3 Å². The van der Waals surface area contributed by atoms with Crippen LogP contribution in [-0.2, 0) is 10.8 Å². The third-order valence-electron chi connectivity index (χ3n) is 7.37. The third-order valence-corrected chi connectivity index (χ3v) is 8.77. The van der Waals surface area contributed by atoms with Crippen LogP contribution in [0.3, 0.4) is 0 Å². The summed E-state index contributed by atoms with van der Waals surface area (Å²) in [5, 5.41) is 14.1. The van der Waals surface area contributed by atoms with Gasteiger partial charge in [-0.15, -0.1) is 0 Å². The Morgan fingerprint density at radius 3 is 2.58 bits per heavy atom. The quantitative estimate of drug-likeness (QED) is 0.706. The van der Waals surface area contributed by atoms with Gasteiger partial charge >= 0.3 is 0 Å². The Kier molecular flexibility index (Phi) is 4.67. The highest BCUT2D eigenvalue weighted by Gasteiger charge is 2.48. The zero-order valence-electron chi connectivity index (χ0n) is 17.1. The minimum atomic E-state index is -1.29. The highest BCUT2D eigenvalue weighted by atomic mass is 35.5. The molecule has 7 rings (SSSR count). The van der Waals surface area contributed by atoms with E-state index >= 15 is 0 Å². The summed E-state index contributed by atoms with van der Waals surface area (Å²) in [6.45, 7) is 0.0341. The molecule has 2 aromatic rings. The molecular formula is C22H25ClN4O3S. The molecule has 4 heterocycles. The van der Waals surface area contributed by atoms with Gasteiger partial charge in [-0.2, -0.15) is 9.97 Å². The molecule has 4 fully saturated rings. The Bertz CT molecular complexity index is 1030. The summed E-state index contributed by atoms with van der Waals surface area (Å²) in [6, 6.07) is 8.95. The fourth-order valence-corrected chi connectivity index (χ4v) is 6.55. The Morgan fingerprint density at radius 1 is 1.19 bits per heavy atom. The van der Waals surface area contributed by atoms with Crippen molar-refractivity contribution in [2.75, 3.05) is 22.8 Å². The van der Waals surface area contributed by atoms with E-state index in [1.807, 2.05) is 12.1 Å². The SMILES string of the molecule is O=[S@]1COc2nc(N3C4CC(c5ccc(Cl)cc5)CC3C4)nc(NC3(CO)CCC3)c21. The second kappa shape index (κ2) is 7.32. The average molecular weight is 461 g/mol. The van der Waals surface area contributed by atoms with Crippen molar-refractivity contribution in [3.8, 4) is 5.88 Å². The molecule has 3 atom stereocenters. The number of ether oxygens (including phenoxy) is 1. The zero-order chi connectivity index (χ0) is 21.2. The van der Waals surface area contributed by atoms with Gasteiger partial charge in [-0.1, -0.05) is 23.7 Å². The number of anilines is 2. The van der Waals surface area contributed by atoms with Gasteiger partial charge in [-0.3, -0.25) is 4.21 Å². The van der Waals surface area contributed by atoms with Crippen molar-refractivity contribution in [2.45, 2.75) is 67.0 Å². The first-order chi connectivity index (χ1) is 15.0. The molecule has 0 radical (unpaired) electrons. The Labute approximate surface area is 188 Å². The van der Waals surface area contributed by atoms with Gasteiger partial charge < -0.3 is 20.1 Å². The summed E-state index contributed by atoms with van der Waals surface area (Å²) in [5.41, 5.74) is 0.959. The van der Waals surface area contributed by atoms with Gasteiger partial charge in [0.15, 0.2) is 11.8 Å². The van der Waals surface area contributed by atoms with Crippen molar-refractivity contribution in [3.63, 3.8) is 0 Å². The summed E-state index contributed by atoms with van der Waals surface area (Å²) in [6.07, 6.45) is 6.06. The van der Waals surface area contributed by atoms with Crippen molar-refractivity contribution in [1.29, 1.82) is 0 Å². The van der Waals surface area contributed by atoms with E-state index in [9.17, 15) is 9.32 Å². The van der Waals surface area contributed by atoms with Gasteiger partial charge in [-0.25, -0.2) is 0 Å². The molecule has 3 aliphatic heterocycles. The van der Waals surface area contributed by atoms with Crippen LogP contribution in [0.4, 0.5) is 11.8 Å². The number of hydrogen-bond donors (Lipinski definition) is 2. The maximum absolute atomic E-state index is 12.5. The first-order valence-corrected chi connectivity index (χ1v) is 12.6. The zero-order valence-corrected chi connectivity index (χ0v) is 18.7. The van der Waals surface area contributed by atoms with Crippen LogP contribution >= 0.6 is 11.6 Å². The summed E-state index contributed by atoms with van der Waals surface area (Å²) < 4.78 is 18.2. The van der Waals surface area contributed by atoms with Crippen molar-refractivity contribution in [3.05, 3.63) is 34.9 Å². The van der Waals surface area contributed by atoms with Gasteiger partial charge in [0.25, 0.3) is 0 Å². The Hall–Kier alpha value is -1.90. The molecule has 9 heteroatoms. The lowest BCUT2D eigenvalue weighted by molar-refractivity contribution is 0.143. The number of fused-ring (bicyclic) bond motifs is 3. The van der Waals surface area contributed by atoms with Crippen LogP contribution in [-0.4, -0.2) is 49.5 Å². The molecule has 164 valence electrons. The molecule has 2 bridgehead atoms. The van der Waals surface area contributed by atoms with Crippen LogP contribution < -0.4 is 15.0 Å². The van der Waals surface area contributed by atoms with Crippen molar-refractivity contribution in [1.82, 2.24) is 9.97 Å². The lowest BCUT2D eigenvalue weighted by Crippen LogP contribution is -2.61. The lowest BCUT2D eigenvalue weighted by atomic mass is 9.71. The number of rotatable bonds is 5. The van der Waals surface area contributed by atoms with Crippen molar-refractivity contribution < 1.29 is 14.1 Å². The van der Waals surface area contributed by atoms with E-state index in [1.165, 1.54) is 5.56 Å². The lowest BCUT2D eigenvalue weighted by Gasteiger charge is -2.55. The van der Waals surface area contributed by atoms with E-state index in [4.69, 9.17) is 21.3 Å². The van der Waals surface area contributed by atoms with Gasteiger partial charge in [0.2, 0.25) is 11.8 Å². The minimum absolute atomic E-state index is 0.0341. The van der Waals surface area contributed by atoms with Gasteiger partial charge in [0, 0.05) is 17.1 Å². The number of hydrogen-bond acceptors (Lipinski definition) is 7. The van der Waals surface area contributed by atoms with Gasteiger partial charge in [0.05, 0.1) is 12.1 Å². The monoisotopic (exact) mass is 460 g/mol. The first-order valence-electron chi connectivity index (χ1n) is 10.9. The predicted molar refractivity (Wildman–Crippen MR) is 119 cm³/mol. The Morgan fingerprint density at radius 2 is 1.94 bits per heavy atom. The highest BCUT2D eigenvalue weighted by molar-refractivity contribution is 7.85. The van der Waals surface area contributed by atoms with E-state index in [0.717, 1.165) is 43.5 Å². The molecule has 0 spiro atoms. The predicted octanol–water partition coefficient (Wildman–Crippen LogP) is 3.44. The van der Waals surface area contributed by atoms with E-state index in [0.29, 0.717) is 40.5 Å². The smallest absolute Gasteiger partial charge is 0.238 e. The summed E-state index contributed by atoms with van der Waals surface area (Å²) >= 11 is 6.05. The molecule has 2 saturated carbocycles. The second-order valence-electron chi connectivity index (χ2n) is 9.20. The largest absolute Gasteiger partial charge is 0.463 e. The number of aliphatic hydroxyl groups excluding tert-OH is 1. The van der Waals surface area contributed by atoms with Crippen LogP contribution in [0, 0.1) is 0 Å². The normalized spacial score (nSPS) is 30.1. The fraction of sp³-hybridized carbons (Fsp3) is 0.545. The van der Waals surface area contributed by atoms with Gasteiger partial charge in [0.1, 0.15) is 15.7 Å². The molecule has 7 nitrogen and oxygen atoms in total. The second-order valence-corrected chi connectivity index (χ2v) is 11.0. The van der Waals surface area contributed by atoms with Crippen LogP contribution in [0.1, 0.15) is 50.0 Å². The Balaban J connectivity index is 1.28. The van der Waals surface area contributed by atoms with Gasteiger partial charge in [-0.05, 0) is 62.1 Å². The standard InChI is InChI=1S/C22H25ClN4O3S/c23-15-4-2-13(3-5-15)14-8-16-10-17(9-14)27(16)21-24-19(26-22(11-28)6-1-7-22)18-20(25-21)30-12-31(18)29/h2-5,14,16-17,28H,1,6-12H2,(H,24,25,26)/t14?,16?,17?,31-/m0/s1. The molecule has 1 aromatic carbocycles. The molecule has 2 aliphatic carbocycles. The molecule has 2 N–H and O–H groups in total. The van der Waals surface area contributed by atoms with Crippen LogP contribution in [0.5, 0.6) is 5.88 Å². The summed E-state index contributed by atoms with van der Waals surface area (Å²) in [4.78, 5) is 12.3. The molecule has 1 aromatic heterocycles. The number of piperidine rings is 1. The van der Waals surface area contributed by atoms with E-state index in [1.54, 1.807) is 0 Å². The number of aliphatic hydroxyl groups is 1. The minimum Gasteiger partial charge on any atom is -0.463 e. The molecule has 5 aliphatic rings. The van der Waals surface area contributed by atoms with Crippen molar-refractivity contribution >= 4 is 34.2 Å². The van der Waals surface area contributed by atoms with E-state index < -0.39 is 10.8 Å². The maximum Gasteiger partial charge on any atom is 0.238 e. The van der Waals surface area contributed by atoms with Crippen LogP contribution in [0.15, 0.2) is 29.2 Å². The average Bonchev–Trinajstić information content (AvgIpc) is 3.12. The first kappa shape index (κ1) is 19.8. The topological polar surface area (TPSA) is 87.6 Å². The fourth-order valence-electron chi connectivity index (χ4n) is 5.48. The maximum atomic E-state index is 12.5. The molecular weight excluding hydrogens is 436 g/mol. The molecule has 0 amide bonds. The summed E-state index contributed by atoms with van der Waals surface area (Å²) in [5.74, 6) is 2.24. The number of halogens is 1. The van der Waals surface area contributed by atoms with E-state index in [-0.39, 0.29) is 18.1 Å². The summed E-state index contributed by atoms with van der Waals surface area (Å²) in [7, 11) is -1.29. The molecule has 2 saturated heterocycles. The number of nitrogens with zero attached hydrogens (tertiary/aromatic N) is 3. The number of benzene rings is 1.